The Morgan fingerprint density at radius 2 is 0.517 bits per heavy atom. The summed E-state index contributed by atoms with van der Waals surface area (Å²) in [6.07, 6.45) is 54.9. The van der Waals surface area contributed by atoms with Gasteiger partial charge in [0.05, 0.1) is 5.75 Å². The van der Waals surface area contributed by atoms with E-state index < -0.39 is 0 Å². The van der Waals surface area contributed by atoms with Crippen LogP contribution in [0.5, 0.6) is 0 Å². The third-order valence-electron chi connectivity index (χ3n) is 10.5. The van der Waals surface area contributed by atoms with Gasteiger partial charge in [-0.15, -0.1) is 17.8 Å². The van der Waals surface area contributed by atoms with E-state index >= 15 is 0 Å². The van der Waals surface area contributed by atoms with Crippen molar-refractivity contribution in [2.24, 2.45) is 0 Å². The highest BCUT2D eigenvalue weighted by molar-refractivity contribution is 8.16. The monoisotopic (exact) mass is 2250 g/mol. The van der Waals surface area contributed by atoms with Crippen LogP contribution in [0.2, 0.25) is 0 Å². The van der Waals surface area contributed by atoms with Crippen LogP contribution in [-0.2, 0) is 0 Å². The minimum Gasteiger partial charge on any atom is -0.179 e. The zero-order valence-corrected chi connectivity index (χ0v) is 109. The highest BCUT2D eigenvalue weighted by Crippen LogP contribution is 2.08. The van der Waals surface area contributed by atoms with E-state index in [9.17, 15) is 0 Å². The van der Waals surface area contributed by atoms with Crippen molar-refractivity contribution in [1.29, 1.82) is 0 Å². The van der Waals surface area contributed by atoms with Gasteiger partial charge in [0.1, 0.15) is 0 Å². The van der Waals surface area contributed by atoms with E-state index in [2.05, 4.69) is 347 Å². The summed E-state index contributed by atoms with van der Waals surface area (Å²) in [6.45, 7) is 38.4. The van der Waals surface area contributed by atoms with Crippen LogP contribution in [0.25, 0.3) is 0 Å². The molecule has 0 rings (SSSR count). The second-order valence-electron chi connectivity index (χ2n) is 21.8. The molecule has 0 heterocycles. The number of hydrogen-bond donors (Lipinski definition) is 12. The van der Waals surface area contributed by atoms with Gasteiger partial charge in [0, 0.05) is 61.3 Å². The third-order valence-corrected chi connectivity index (χ3v) is 30.1. The smallest absolute Gasteiger partial charge is 0.0544 e. The van der Waals surface area contributed by atoms with Crippen molar-refractivity contribution in [3.8, 4) is 23.7 Å². The van der Waals surface area contributed by atoms with Gasteiger partial charge in [0.2, 0.25) is 0 Å². The molecule has 0 nitrogen and oxygen atoms in total. The van der Waals surface area contributed by atoms with E-state index in [1.807, 2.05) is 240 Å². The Kier molecular flexibility index (Phi) is 387. The van der Waals surface area contributed by atoms with Crippen molar-refractivity contribution in [3.05, 3.63) is 24.3 Å². The fraction of sp³-hybridized carbons (Fsp3) is 0.911. The minimum atomic E-state index is 0.876. The zero-order valence-electron chi connectivity index (χ0n) is 83.2. The first kappa shape index (κ1) is 178. The fourth-order valence-corrected chi connectivity index (χ4v) is 17.6. The van der Waals surface area contributed by atoms with Crippen molar-refractivity contribution in [2.45, 2.75) is 253 Å². The number of rotatable bonds is 54. The zero-order chi connectivity index (χ0) is 96.6. The Morgan fingerprint density at radius 3 is 0.625 bits per heavy atom. The summed E-state index contributed by atoms with van der Waals surface area (Å²) in [5, 5.41) is 4.43. The Balaban J connectivity index is -0.0000000487. The van der Waals surface area contributed by atoms with Gasteiger partial charge < -0.3 is 0 Å². The maximum atomic E-state index is 4.05. The van der Waals surface area contributed by atoms with Crippen LogP contribution in [0.15, 0.2) is 24.3 Å². The molecule has 0 amide bonds. The van der Waals surface area contributed by atoms with Crippen LogP contribution in [0, 0.1) is 23.7 Å². The number of unbranched alkanes of at least 4 members (excludes halogenated alkanes) is 7. The molecular formula is C90H208S30. The van der Waals surface area contributed by atoms with Gasteiger partial charge in [-0.05, 0) is 306 Å². The molecule has 0 aromatic heterocycles. The van der Waals surface area contributed by atoms with Crippen molar-refractivity contribution in [2.75, 3.05) is 255 Å². The summed E-state index contributed by atoms with van der Waals surface area (Å²) in [5.41, 5.74) is 0. The minimum absolute atomic E-state index is 0.876. The van der Waals surface area contributed by atoms with E-state index in [1.165, 1.54) is 229 Å². The normalized spacial score (nSPS) is 8.87. The number of thioether (sulfide) groups is 18. The third kappa shape index (κ3) is 423. The number of hydrogen-bond acceptors (Lipinski definition) is 30. The molecule has 0 aromatic rings. The lowest BCUT2D eigenvalue weighted by molar-refractivity contribution is 0.780. The second-order valence-corrected chi connectivity index (χ2v) is 48.3. The molecule has 0 fully saturated rings. The molecule has 30 heteroatoms. The number of allylic oxidation sites excluding steroid dienone is 3. The SMILES string of the molecule is C/C=C\CCS.C/C=C\CSC.CC#CCCS.CC#CCSC.CCCCCS.CCCCCS.CCCCSC.CCCCSC.CCCSCC.CCCSCC.CCCSCS.CCCSCS.CCSCCS.CCSCCS.CCSCSC.CCSCSC.CSCCCS.CSCCCS.CSCCSC.SCCCCS. The van der Waals surface area contributed by atoms with Crippen LogP contribution in [0.4, 0.5) is 0 Å². The summed E-state index contributed by atoms with van der Waals surface area (Å²) < 4.78 is 0. The summed E-state index contributed by atoms with van der Waals surface area (Å²) in [7, 11) is 0. The highest BCUT2D eigenvalue weighted by atomic mass is 32.2. The largest absolute Gasteiger partial charge is 0.179 e. The maximum absolute atomic E-state index is 4.05. The molecule has 0 aromatic carbocycles. The van der Waals surface area contributed by atoms with E-state index in [0.29, 0.717) is 0 Å². The Morgan fingerprint density at radius 1 is 0.233 bits per heavy atom. The molecule has 0 saturated heterocycles. The molecule has 0 aliphatic heterocycles. The molecule has 0 bridgehead atoms. The molecule has 0 saturated carbocycles. The lowest BCUT2D eigenvalue weighted by atomic mass is 10.3. The van der Waals surface area contributed by atoms with Gasteiger partial charge in [-0.2, -0.15) is 363 Å². The average molecular weight is 2250 g/mol. The predicted molar refractivity (Wildman–Crippen MR) is 697 cm³/mol. The van der Waals surface area contributed by atoms with E-state index in [1.54, 1.807) is 11.8 Å². The summed E-state index contributed by atoms with van der Waals surface area (Å²) in [5.74, 6) is 46.3. The lowest BCUT2D eigenvalue weighted by Crippen LogP contribution is -1.77. The van der Waals surface area contributed by atoms with Crippen molar-refractivity contribution in [1.82, 2.24) is 0 Å². The predicted octanol–water partition coefficient (Wildman–Crippen LogP) is 37.5. The van der Waals surface area contributed by atoms with Crippen LogP contribution < -0.4 is 0 Å². The highest BCUT2D eigenvalue weighted by Gasteiger charge is 1.84. The summed E-state index contributed by atoms with van der Waals surface area (Å²) in [4.78, 5) is 0. The van der Waals surface area contributed by atoms with Gasteiger partial charge >= 0.3 is 0 Å². The Hall–Kier alpha value is 9.10. The summed E-state index contributed by atoms with van der Waals surface area (Å²) in [6, 6.07) is 0. The van der Waals surface area contributed by atoms with Gasteiger partial charge in [-0.3, -0.25) is 0 Å². The molecule has 748 valence electrons. The standard InChI is InChI=1S/2C5H12S.C5H10S.C5H8S.4C5H12S.C5H10S.C5H8S.10C4H10S2/c4*1-3-4-5-6-2;2*1-3-5-6-4-2;4*1-2-3-4-5-6;1-5-3-4-6-2;2*1-6-4-2-3-5;2*1-3-6-4-5-2;2*1-2-6-4-3-5;2*1-2-3-6-4-5;5-3-1-2-4-6/h2*3-5H2,1-2H3;3-4H,5H2,1-2H3;5H2,1-2H3;2*3-5H2,1-2H3;2*6H,2-5H2,1H3;2-3,6H,4-5H2,1H3;6H,4-5H2,1H3;3-4H2,1-2H3;2*5H,2-4H2,1H3;2*3-4H2,1-2H3;4*5H,2-4H2,1H3;5-6H,1-4H2/b;;4-3-;;;;;;3-2-;;;;;;;;;;;. The first-order chi connectivity index (χ1) is 58.3. The molecule has 0 unspecified atom stereocenters. The van der Waals surface area contributed by atoms with Crippen LogP contribution >= 0.6 is 363 Å². The van der Waals surface area contributed by atoms with E-state index in [-0.39, 0.29) is 0 Å². The first-order valence-corrected chi connectivity index (χ1v) is 73.9. The van der Waals surface area contributed by atoms with E-state index in [0.717, 1.165) is 92.0 Å². The van der Waals surface area contributed by atoms with Gasteiger partial charge in [0.25, 0.3) is 0 Å². The van der Waals surface area contributed by atoms with Crippen LogP contribution in [0.1, 0.15) is 253 Å². The van der Waals surface area contributed by atoms with Crippen molar-refractivity contribution >= 4 is 363 Å². The van der Waals surface area contributed by atoms with Crippen LogP contribution in [-0.4, -0.2) is 255 Å². The van der Waals surface area contributed by atoms with Crippen molar-refractivity contribution < 1.29 is 0 Å². The molecular weight excluding hydrogens is 2040 g/mol. The van der Waals surface area contributed by atoms with Gasteiger partial charge in [-0.25, -0.2) is 0 Å². The second kappa shape index (κ2) is 261. The van der Waals surface area contributed by atoms with Crippen molar-refractivity contribution in [3.63, 3.8) is 0 Å². The lowest BCUT2D eigenvalue weighted by Gasteiger charge is -1.87. The molecule has 0 N–H and O–H groups in total. The van der Waals surface area contributed by atoms with Crippen LogP contribution in [0.3, 0.4) is 0 Å². The van der Waals surface area contributed by atoms with Gasteiger partial charge in [0.15, 0.2) is 0 Å². The Labute approximate surface area is 907 Å². The number of thiol groups is 12. The average Bonchev–Trinajstić information content (AvgIpc) is 3.79. The quantitative estimate of drug-likeness (QED) is 0.00919. The Bertz CT molecular complexity index is 1030. The molecule has 0 atom stereocenters. The maximum Gasteiger partial charge on any atom is 0.0544 e. The fourth-order valence-electron chi connectivity index (χ4n) is 4.61. The topological polar surface area (TPSA) is 0 Å². The molecule has 0 aliphatic carbocycles. The summed E-state index contributed by atoms with van der Waals surface area (Å²) >= 11 is 82.6. The van der Waals surface area contributed by atoms with E-state index in [4.69, 9.17) is 0 Å². The molecule has 0 aliphatic rings. The first-order valence-electron chi connectivity index (χ1n) is 43.1. The molecule has 0 radical (unpaired) electrons. The molecule has 0 spiro atoms. The molecule has 120 heavy (non-hydrogen) atoms. The van der Waals surface area contributed by atoms with Gasteiger partial charge in [-0.1, -0.05) is 166 Å².